The van der Waals surface area contributed by atoms with Gasteiger partial charge in [0, 0.05) is 43.7 Å². The number of halogens is 3. The van der Waals surface area contributed by atoms with Crippen LogP contribution in [-0.4, -0.2) is 85.8 Å². The SMILES string of the molecule is Cc1nnc(Oc2ccc(F)cc2C(=O)N(CC(F)F)C(C)C)nc1N1CCC(Oc2ccnc3c2CN(C(=O)OC(C)(C)C)C3)CC1. The first kappa shape index (κ1) is 34.6. The van der Waals surface area contributed by atoms with Crippen molar-refractivity contribution in [2.45, 2.75) is 91.6 Å². The maximum absolute atomic E-state index is 14.2. The van der Waals surface area contributed by atoms with E-state index in [0.717, 1.165) is 28.3 Å². The van der Waals surface area contributed by atoms with Gasteiger partial charge >= 0.3 is 12.1 Å². The van der Waals surface area contributed by atoms with Crippen LogP contribution in [0, 0.1) is 12.7 Å². The van der Waals surface area contributed by atoms with Gasteiger partial charge in [0.05, 0.1) is 30.9 Å². The van der Waals surface area contributed by atoms with Gasteiger partial charge in [-0.15, -0.1) is 5.10 Å². The minimum Gasteiger partial charge on any atom is -0.490 e. The molecule has 1 fully saturated rings. The van der Waals surface area contributed by atoms with Crippen molar-refractivity contribution in [3.8, 4) is 17.5 Å². The van der Waals surface area contributed by atoms with E-state index in [1.54, 1.807) is 31.9 Å². The molecular weight excluding hydrogens is 631 g/mol. The van der Waals surface area contributed by atoms with Gasteiger partial charge in [-0.05, 0) is 65.8 Å². The molecule has 1 aromatic carbocycles. The number of carbonyl (C=O) groups excluding carboxylic acids is 2. The molecule has 15 heteroatoms. The summed E-state index contributed by atoms with van der Waals surface area (Å²) in [5.41, 5.74) is 1.36. The summed E-state index contributed by atoms with van der Waals surface area (Å²) in [5, 5.41) is 8.19. The summed E-state index contributed by atoms with van der Waals surface area (Å²) >= 11 is 0. The molecule has 2 aromatic heterocycles. The lowest BCUT2D eigenvalue weighted by molar-refractivity contribution is 0.0239. The van der Waals surface area contributed by atoms with E-state index in [1.165, 1.54) is 6.07 Å². The van der Waals surface area contributed by atoms with Gasteiger partial charge < -0.3 is 24.0 Å². The molecule has 2 amide bonds. The number of amides is 2. The summed E-state index contributed by atoms with van der Waals surface area (Å²) < 4.78 is 58.4. The van der Waals surface area contributed by atoms with Crippen molar-refractivity contribution < 1.29 is 37.0 Å². The smallest absolute Gasteiger partial charge is 0.410 e. The molecule has 0 unspecified atom stereocenters. The van der Waals surface area contributed by atoms with Gasteiger partial charge in [0.1, 0.15) is 34.7 Å². The minimum absolute atomic E-state index is 0.0832. The van der Waals surface area contributed by atoms with E-state index in [1.807, 2.05) is 31.7 Å². The first-order valence-corrected chi connectivity index (χ1v) is 15.8. The van der Waals surface area contributed by atoms with Crippen LogP contribution < -0.4 is 14.4 Å². The number of nitrogens with zero attached hydrogens (tertiary/aromatic N) is 7. The van der Waals surface area contributed by atoms with Crippen molar-refractivity contribution in [2.75, 3.05) is 24.5 Å². The molecule has 12 nitrogen and oxygen atoms in total. The van der Waals surface area contributed by atoms with Crippen LogP contribution >= 0.6 is 0 Å². The molecule has 4 heterocycles. The number of hydrogen-bond donors (Lipinski definition) is 0. The summed E-state index contributed by atoms with van der Waals surface area (Å²) in [6.07, 6.45) is -0.256. The lowest BCUT2D eigenvalue weighted by Gasteiger charge is -2.33. The van der Waals surface area contributed by atoms with E-state index in [2.05, 4.69) is 20.2 Å². The molecule has 258 valence electrons. The second-order valence-corrected chi connectivity index (χ2v) is 13.1. The Morgan fingerprint density at radius 3 is 2.46 bits per heavy atom. The molecule has 48 heavy (non-hydrogen) atoms. The Morgan fingerprint density at radius 2 is 1.79 bits per heavy atom. The summed E-state index contributed by atoms with van der Waals surface area (Å²) in [5.74, 6) is -0.404. The third kappa shape index (κ3) is 8.23. The minimum atomic E-state index is -2.77. The molecule has 0 radical (unpaired) electrons. The molecular formula is C33H40F3N7O5. The zero-order chi connectivity index (χ0) is 34.7. The summed E-state index contributed by atoms with van der Waals surface area (Å²) in [4.78, 5) is 39.4. The van der Waals surface area contributed by atoms with Crippen LogP contribution in [0.15, 0.2) is 30.5 Å². The molecule has 2 aliphatic rings. The van der Waals surface area contributed by atoms with Gasteiger partial charge in [-0.2, -0.15) is 4.98 Å². The Kier molecular flexibility index (Phi) is 10.2. The van der Waals surface area contributed by atoms with Gasteiger partial charge in [0.2, 0.25) is 0 Å². The van der Waals surface area contributed by atoms with E-state index in [4.69, 9.17) is 14.2 Å². The van der Waals surface area contributed by atoms with Gasteiger partial charge in [0.25, 0.3) is 12.3 Å². The zero-order valence-corrected chi connectivity index (χ0v) is 27.9. The molecule has 3 aromatic rings. The average molecular weight is 672 g/mol. The summed E-state index contributed by atoms with van der Waals surface area (Å²) in [6.45, 7) is 11.5. The number of alkyl halides is 2. The maximum Gasteiger partial charge on any atom is 0.410 e. The van der Waals surface area contributed by atoms with Crippen molar-refractivity contribution >= 4 is 17.8 Å². The van der Waals surface area contributed by atoms with Crippen LogP contribution in [-0.2, 0) is 17.8 Å². The lowest BCUT2D eigenvalue weighted by atomic mass is 10.1. The molecule has 0 bridgehead atoms. The first-order chi connectivity index (χ1) is 22.7. The number of anilines is 1. The monoisotopic (exact) mass is 671 g/mol. The van der Waals surface area contributed by atoms with Gasteiger partial charge in [-0.25, -0.2) is 18.0 Å². The number of piperidine rings is 1. The standard InChI is InChI=1S/C33H40F3N7O5/c1-19(2)43(18-28(35)36)30(44)23-15-21(34)7-8-26(23)47-31-38-29(20(3)39-40-31)41-13-10-22(11-14-41)46-27-9-12-37-25-17-42(16-24(25)27)32(45)48-33(4,5)6/h7-9,12,15,19,22,28H,10-11,13-14,16-18H2,1-6H3. The topological polar surface area (TPSA) is 123 Å². The first-order valence-electron chi connectivity index (χ1n) is 15.8. The largest absolute Gasteiger partial charge is 0.490 e. The number of carbonyl (C=O) groups is 2. The molecule has 0 spiro atoms. The predicted octanol–water partition coefficient (Wildman–Crippen LogP) is 5.92. The Hall–Kier alpha value is -4.69. The predicted molar refractivity (Wildman–Crippen MR) is 169 cm³/mol. The quantitative estimate of drug-likeness (QED) is 0.271. The molecule has 0 saturated carbocycles. The molecule has 0 atom stereocenters. The van der Waals surface area contributed by atoms with Crippen molar-refractivity contribution in [2.24, 2.45) is 0 Å². The van der Waals surface area contributed by atoms with Crippen molar-refractivity contribution in [1.29, 1.82) is 0 Å². The third-order valence-corrected chi connectivity index (χ3v) is 7.88. The Morgan fingerprint density at radius 1 is 1.06 bits per heavy atom. The molecule has 1 saturated heterocycles. The fourth-order valence-corrected chi connectivity index (χ4v) is 5.57. The van der Waals surface area contributed by atoms with Gasteiger partial charge in [-0.3, -0.25) is 14.7 Å². The Labute approximate surface area is 277 Å². The lowest BCUT2D eigenvalue weighted by Crippen LogP contribution is -2.40. The highest BCUT2D eigenvalue weighted by molar-refractivity contribution is 5.97. The highest BCUT2D eigenvalue weighted by Crippen LogP contribution is 2.33. The van der Waals surface area contributed by atoms with Crippen molar-refractivity contribution in [3.63, 3.8) is 0 Å². The van der Waals surface area contributed by atoms with Crippen molar-refractivity contribution in [1.82, 2.24) is 30.0 Å². The van der Waals surface area contributed by atoms with E-state index in [9.17, 15) is 22.8 Å². The van der Waals surface area contributed by atoms with Gasteiger partial charge in [-0.1, -0.05) is 5.10 Å². The number of pyridine rings is 1. The van der Waals surface area contributed by atoms with E-state index in [0.29, 0.717) is 56.3 Å². The average Bonchev–Trinajstić information content (AvgIpc) is 3.47. The van der Waals surface area contributed by atoms with Crippen LogP contribution in [0.25, 0.3) is 0 Å². The molecule has 0 N–H and O–H groups in total. The van der Waals surface area contributed by atoms with Gasteiger partial charge in [0.15, 0.2) is 5.82 Å². The Balaban J connectivity index is 1.25. The second-order valence-electron chi connectivity index (χ2n) is 13.1. The number of fused-ring (bicyclic) bond motifs is 1. The number of ether oxygens (including phenoxy) is 3. The number of aromatic nitrogens is 4. The third-order valence-electron chi connectivity index (χ3n) is 7.88. The van der Waals surface area contributed by atoms with Crippen LogP contribution in [0.2, 0.25) is 0 Å². The van der Waals surface area contributed by atoms with Crippen LogP contribution in [0.4, 0.5) is 23.8 Å². The van der Waals surface area contributed by atoms with E-state index < -0.39 is 42.4 Å². The normalized spacial score (nSPS) is 15.1. The van der Waals surface area contributed by atoms with Crippen LogP contribution in [0.3, 0.4) is 0 Å². The maximum atomic E-state index is 14.2. The number of rotatable bonds is 9. The number of aryl methyl sites for hydroxylation is 1. The summed E-state index contributed by atoms with van der Waals surface area (Å²) in [6, 6.07) is 4.34. The Bertz CT molecular complexity index is 1640. The van der Waals surface area contributed by atoms with Crippen LogP contribution in [0.5, 0.6) is 17.5 Å². The highest BCUT2D eigenvalue weighted by Gasteiger charge is 2.32. The second kappa shape index (κ2) is 14.2. The van der Waals surface area contributed by atoms with E-state index in [-0.39, 0.29) is 23.4 Å². The highest BCUT2D eigenvalue weighted by atomic mass is 19.3. The molecule has 5 rings (SSSR count). The van der Waals surface area contributed by atoms with Crippen LogP contribution in [0.1, 0.15) is 74.8 Å². The fraction of sp³-hybridized carbons (Fsp3) is 0.515. The van der Waals surface area contributed by atoms with E-state index >= 15 is 0 Å². The molecule has 0 aliphatic carbocycles. The zero-order valence-electron chi connectivity index (χ0n) is 27.9. The summed E-state index contributed by atoms with van der Waals surface area (Å²) in [7, 11) is 0. The molecule has 2 aliphatic heterocycles. The fourth-order valence-electron chi connectivity index (χ4n) is 5.57. The number of hydrogen-bond acceptors (Lipinski definition) is 10. The van der Waals surface area contributed by atoms with Crippen molar-refractivity contribution in [3.05, 3.63) is 58.8 Å². The number of benzene rings is 1.